The largest absolute Gasteiger partial charge is 0.368 e. The molecule has 1 aliphatic rings. The van der Waals surface area contributed by atoms with E-state index >= 15 is 0 Å². The van der Waals surface area contributed by atoms with Crippen molar-refractivity contribution in [2.24, 2.45) is 0 Å². The average molecular weight is 387 g/mol. The molecule has 0 unspecified atom stereocenters. The Morgan fingerprint density at radius 1 is 1.00 bits per heavy atom. The van der Waals surface area contributed by atoms with Crippen molar-refractivity contribution in [3.05, 3.63) is 59.1 Å². The van der Waals surface area contributed by atoms with Crippen LogP contribution in [-0.2, 0) is 4.79 Å². The number of benzene rings is 2. The lowest BCUT2D eigenvalue weighted by molar-refractivity contribution is -0.130. The van der Waals surface area contributed by atoms with Crippen LogP contribution in [0.5, 0.6) is 0 Å². The summed E-state index contributed by atoms with van der Waals surface area (Å²) in [5.74, 6) is -0.0827. The number of halogens is 1. The predicted molar refractivity (Wildman–Crippen MR) is 108 cm³/mol. The molecule has 1 aliphatic heterocycles. The quantitative estimate of drug-likeness (QED) is 0.848. The maximum Gasteiger partial charge on any atom is 0.319 e. The van der Waals surface area contributed by atoms with E-state index in [1.54, 1.807) is 23.1 Å². The second kappa shape index (κ2) is 8.77. The van der Waals surface area contributed by atoms with Crippen LogP contribution in [0.25, 0.3) is 0 Å². The fourth-order valence-electron chi connectivity index (χ4n) is 3.03. The van der Waals surface area contributed by atoms with E-state index in [-0.39, 0.29) is 12.5 Å². The number of para-hydroxylation sites is 1. The van der Waals surface area contributed by atoms with Gasteiger partial charge in [-0.05, 0) is 36.8 Å². The molecule has 3 amide bonds. The lowest BCUT2D eigenvalue weighted by atomic mass is 10.2. The molecule has 0 saturated carbocycles. The van der Waals surface area contributed by atoms with E-state index in [9.17, 15) is 9.59 Å². The van der Waals surface area contributed by atoms with Gasteiger partial charge in [0.15, 0.2) is 0 Å². The normalized spacial score (nSPS) is 14.0. The molecule has 0 bridgehead atoms. The number of amides is 3. The maximum atomic E-state index is 12.4. The summed E-state index contributed by atoms with van der Waals surface area (Å²) in [5.41, 5.74) is 2.58. The number of rotatable bonds is 4. The number of nitrogens with one attached hydrogen (secondary N) is 2. The maximum absolute atomic E-state index is 12.4. The van der Waals surface area contributed by atoms with Crippen LogP contribution < -0.4 is 15.5 Å². The Bertz CT molecular complexity index is 805. The van der Waals surface area contributed by atoms with E-state index in [1.165, 1.54) is 5.69 Å². The van der Waals surface area contributed by atoms with Crippen LogP contribution in [0, 0.1) is 6.92 Å². The molecule has 142 valence electrons. The first-order valence-corrected chi connectivity index (χ1v) is 9.30. The molecule has 0 atom stereocenters. The standard InChI is InChI=1S/C20H23ClN4O2/c1-15-17(21)8-5-9-18(15)23-20(27)22-14-19(26)25-12-10-24(11-13-25)16-6-3-2-4-7-16/h2-9H,10-14H2,1H3,(H2,22,23,27). The number of carbonyl (C=O) groups is 2. The average Bonchev–Trinajstić information content (AvgIpc) is 2.70. The first-order valence-electron chi connectivity index (χ1n) is 8.92. The van der Waals surface area contributed by atoms with Crippen molar-refractivity contribution in [2.45, 2.75) is 6.92 Å². The second-order valence-corrected chi connectivity index (χ2v) is 6.83. The van der Waals surface area contributed by atoms with Crippen LogP contribution in [0.2, 0.25) is 5.02 Å². The van der Waals surface area contributed by atoms with E-state index in [2.05, 4.69) is 27.7 Å². The first-order chi connectivity index (χ1) is 13.0. The Morgan fingerprint density at radius 3 is 2.41 bits per heavy atom. The third-order valence-corrected chi connectivity index (χ3v) is 5.08. The minimum absolute atomic E-state index is 0.0310. The molecule has 0 spiro atoms. The Balaban J connectivity index is 1.44. The summed E-state index contributed by atoms with van der Waals surface area (Å²) in [6.45, 7) is 4.65. The highest BCUT2D eigenvalue weighted by Crippen LogP contribution is 2.22. The smallest absolute Gasteiger partial charge is 0.319 e. The van der Waals surface area contributed by atoms with Gasteiger partial charge in [-0.1, -0.05) is 35.9 Å². The number of hydrogen-bond acceptors (Lipinski definition) is 3. The van der Waals surface area contributed by atoms with Crippen LogP contribution in [-0.4, -0.2) is 49.6 Å². The monoisotopic (exact) mass is 386 g/mol. The van der Waals surface area contributed by atoms with Crippen molar-refractivity contribution in [2.75, 3.05) is 42.9 Å². The highest BCUT2D eigenvalue weighted by molar-refractivity contribution is 6.31. The fraction of sp³-hybridized carbons (Fsp3) is 0.300. The number of piperazine rings is 1. The fourth-order valence-corrected chi connectivity index (χ4v) is 3.20. The van der Waals surface area contributed by atoms with Gasteiger partial charge in [-0.2, -0.15) is 0 Å². The van der Waals surface area contributed by atoms with Gasteiger partial charge in [0.25, 0.3) is 0 Å². The Morgan fingerprint density at radius 2 is 1.70 bits per heavy atom. The van der Waals surface area contributed by atoms with Gasteiger partial charge in [0.2, 0.25) is 5.91 Å². The molecular formula is C20H23ClN4O2. The molecule has 0 radical (unpaired) electrons. The number of urea groups is 1. The highest BCUT2D eigenvalue weighted by Gasteiger charge is 2.21. The van der Waals surface area contributed by atoms with E-state index in [0.29, 0.717) is 23.8 Å². The summed E-state index contributed by atoms with van der Waals surface area (Å²) < 4.78 is 0. The van der Waals surface area contributed by atoms with Gasteiger partial charge in [0.1, 0.15) is 0 Å². The van der Waals surface area contributed by atoms with E-state index in [0.717, 1.165) is 18.7 Å². The molecule has 1 fully saturated rings. The first kappa shape index (κ1) is 19.0. The summed E-state index contributed by atoms with van der Waals surface area (Å²) in [4.78, 5) is 28.5. The summed E-state index contributed by atoms with van der Waals surface area (Å²) in [7, 11) is 0. The Hall–Kier alpha value is -2.73. The lowest BCUT2D eigenvalue weighted by Gasteiger charge is -2.36. The molecular weight excluding hydrogens is 364 g/mol. The topological polar surface area (TPSA) is 64.7 Å². The van der Waals surface area contributed by atoms with Gasteiger partial charge in [-0.15, -0.1) is 0 Å². The third-order valence-electron chi connectivity index (χ3n) is 4.67. The van der Waals surface area contributed by atoms with Gasteiger partial charge in [0.05, 0.1) is 6.54 Å². The molecule has 1 heterocycles. The molecule has 2 aromatic carbocycles. The van der Waals surface area contributed by atoms with Gasteiger partial charge in [-0.3, -0.25) is 4.79 Å². The molecule has 2 aromatic rings. The summed E-state index contributed by atoms with van der Waals surface area (Å²) >= 11 is 6.05. The van der Waals surface area contributed by atoms with Gasteiger partial charge in [-0.25, -0.2) is 4.79 Å². The van der Waals surface area contributed by atoms with E-state index in [4.69, 9.17) is 11.6 Å². The molecule has 2 N–H and O–H groups in total. The van der Waals surface area contributed by atoms with Crippen LogP contribution in [0.4, 0.5) is 16.2 Å². The zero-order valence-electron chi connectivity index (χ0n) is 15.2. The minimum Gasteiger partial charge on any atom is -0.368 e. The van der Waals surface area contributed by atoms with Crippen LogP contribution >= 0.6 is 11.6 Å². The van der Waals surface area contributed by atoms with Crippen molar-refractivity contribution in [1.82, 2.24) is 10.2 Å². The van der Waals surface area contributed by atoms with Crippen molar-refractivity contribution in [1.29, 1.82) is 0 Å². The zero-order chi connectivity index (χ0) is 19.2. The molecule has 0 aromatic heterocycles. The van der Waals surface area contributed by atoms with Gasteiger partial charge in [0, 0.05) is 42.6 Å². The zero-order valence-corrected chi connectivity index (χ0v) is 16.0. The predicted octanol–water partition coefficient (Wildman–Crippen LogP) is 3.12. The van der Waals surface area contributed by atoms with Gasteiger partial charge < -0.3 is 20.4 Å². The summed E-state index contributed by atoms with van der Waals surface area (Å²) in [6.07, 6.45) is 0. The van der Waals surface area contributed by atoms with Crippen molar-refractivity contribution >= 4 is 34.9 Å². The molecule has 0 aliphatic carbocycles. The molecule has 7 heteroatoms. The van der Waals surface area contributed by atoms with E-state index < -0.39 is 6.03 Å². The lowest BCUT2D eigenvalue weighted by Crippen LogP contribution is -2.51. The Kier molecular flexibility index (Phi) is 6.19. The number of carbonyl (C=O) groups excluding carboxylic acids is 2. The second-order valence-electron chi connectivity index (χ2n) is 6.42. The molecule has 27 heavy (non-hydrogen) atoms. The third kappa shape index (κ3) is 4.92. The van der Waals surface area contributed by atoms with Crippen LogP contribution in [0.1, 0.15) is 5.56 Å². The van der Waals surface area contributed by atoms with Crippen LogP contribution in [0.3, 0.4) is 0 Å². The van der Waals surface area contributed by atoms with Crippen molar-refractivity contribution < 1.29 is 9.59 Å². The summed E-state index contributed by atoms with van der Waals surface area (Å²) in [6, 6.07) is 15.0. The summed E-state index contributed by atoms with van der Waals surface area (Å²) in [5, 5.41) is 5.93. The molecule has 6 nitrogen and oxygen atoms in total. The van der Waals surface area contributed by atoms with Crippen molar-refractivity contribution in [3.63, 3.8) is 0 Å². The van der Waals surface area contributed by atoms with E-state index in [1.807, 2.05) is 25.1 Å². The highest BCUT2D eigenvalue weighted by atomic mass is 35.5. The minimum atomic E-state index is -0.420. The number of anilines is 2. The SMILES string of the molecule is Cc1c(Cl)cccc1NC(=O)NCC(=O)N1CCN(c2ccccc2)CC1. The number of nitrogens with zero attached hydrogens (tertiary/aromatic N) is 2. The van der Waals surface area contributed by atoms with Crippen molar-refractivity contribution in [3.8, 4) is 0 Å². The molecule has 3 rings (SSSR count). The van der Waals surface area contributed by atoms with Gasteiger partial charge >= 0.3 is 6.03 Å². The number of hydrogen-bond donors (Lipinski definition) is 2. The van der Waals surface area contributed by atoms with Crippen LogP contribution in [0.15, 0.2) is 48.5 Å². The Labute approximate surface area is 164 Å². The molecule has 1 saturated heterocycles.